The van der Waals surface area contributed by atoms with Crippen LogP contribution >= 0.6 is 23.5 Å². The number of nitrogens with one attached hydrogen (secondary N) is 2. The Balaban J connectivity index is 1.08. The topological polar surface area (TPSA) is 381 Å². The number of phosphoric acid groups is 3. The summed E-state index contributed by atoms with van der Waals surface area (Å²) in [5, 5.41) is 21.1. The molecule has 316 valence electrons. The molecule has 6 rings (SSSR count). The van der Waals surface area contributed by atoms with E-state index < -0.39 is 84.7 Å². The molecule has 6 heterocycles. The standard InChI is InChI=1S/C26H41N12O16P3/c1-34-12-37(21-17(34)23(42)33-26(28)31-21)15-8-35(5-6-38(2,3)4)7-13(51-15)9-49-55(43,44)53-57(47,48)54-56(45,46)50-10-14-18(39)19(40)24(52-14)36-11-29-16-20(36)30-25(27)32-22(16)41/h11-15,18-19,24,39-40H,5-10H2,1-4H3,(H7-2,27,28,30,31,32,33,41,42,43,44,45,46,47,48)/p+2/t13?,14-,15?,18-,19-,24-/m1/s1. The van der Waals surface area contributed by atoms with Gasteiger partial charge in [0, 0.05) is 13.1 Å². The first-order valence-corrected chi connectivity index (χ1v) is 21.3. The van der Waals surface area contributed by atoms with Gasteiger partial charge in [-0.1, -0.05) is 4.98 Å². The molecule has 0 spiro atoms. The summed E-state index contributed by atoms with van der Waals surface area (Å²) in [6.45, 7) is -0.126. The van der Waals surface area contributed by atoms with Crippen molar-refractivity contribution in [3.63, 3.8) is 0 Å². The second-order valence-corrected chi connectivity index (χ2v) is 18.9. The number of hydrogen-bond acceptors (Lipinski definition) is 19. The molecule has 0 radical (unpaired) electrons. The number of quaternary nitrogens is 1. The Kier molecular flexibility index (Phi) is 12.0. The summed E-state index contributed by atoms with van der Waals surface area (Å²) in [7, 11) is -9.55. The number of anilines is 2. The van der Waals surface area contributed by atoms with E-state index in [1.807, 2.05) is 26.0 Å². The number of aryl methyl sites for hydroxylation is 1. The van der Waals surface area contributed by atoms with Gasteiger partial charge in [-0.25, -0.2) is 23.2 Å². The van der Waals surface area contributed by atoms with E-state index in [-0.39, 0.29) is 47.3 Å². The van der Waals surface area contributed by atoms with E-state index in [9.17, 15) is 48.2 Å². The molecule has 4 aromatic rings. The molecule has 2 aliphatic rings. The number of aromatic nitrogens is 8. The number of fused-ring (bicyclic) bond motifs is 2. The highest BCUT2D eigenvalue weighted by Gasteiger charge is 2.48. The molecule has 5 unspecified atom stereocenters. The van der Waals surface area contributed by atoms with Crippen molar-refractivity contribution < 1.29 is 74.8 Å². The van der Waals surface area contributed by atoms with Gasteiger partial charge in [0.2, 0.25) is 11.5 Å². The molecule has 0 aromatic carbocycles. The number of nitrogens with two attached hydrogens (primary N) is 2. The van der Waals surface area contributed by atoms with Crippen LogP contribution in [0.4, 0.5) is 11.9 Å². The number of ether oxygens (including phenoxy) is 2. The number of phosphoric ester groups is 2. The van der Waals surface area contributed by atoms with Crippen molar-refractivity contribution in [1.82, 2.24) is 39.0 Å². The monoisotopic (exact) mass is 872 g/mol. The summed E-state index contributed by atoms with van der Waals surface area (Å²) in [4.78, 5) is 74.1. The van der Waals surface area contributed by atoms with Gasteiger partial charge in [-0.3, -0.25) is 42.6 Å². The zero-order chi connectivity index (χ0) is 41.8. The van der Waals surface area contributed by atoms with E-state index in [0.29, 0.717) is 17.6 Å². The van der Waals surface area contributed by atoms with Crippen LogP contribution in [0.2, 0.25) is 0 Å². The molecule has 2 fully saturated rings. The number of nitrogen functional groups attached to an aromatic ring is 2. The predicted octanol–water partition coefficient (Wildman–Crippen LogP) is -3.26. The number of morpholine rings is 1. The second-order valence-electron chi connectivity index (χ2n) is 14.2. The highest BCUT2D eigenvalue weighted by molar-refractivity contribution is 7.66. The first-order chi connectivity index (χ1) is 26.4. The molecule has 2 aliphatic heterocycles. The van der Waals surface area contributed by atoms with Crippen LogP contribution in [-0.2, 0) is 47.9 Å². The third-order valence-corrected chi connectivity index (χ3v) is 13.0. The molecule has 57 heavy (non-hydrogen) atoms. The summed E-state index contributed by atoms with van der Waals surface area (Å²) in [6.07, 6.45) is -5.77. The van der Waals surface area contributed by atoms with Crippen LogP contribution in [-0.4, -0.2) is 153 Å². The van der Waals surface area contributed by atoms with E-state index in [4.69, 9.17) is 25.5 Å². The highest BCUT2D eigenvalue weighted by Crippen LogP contribution is 2.67. The second kappa shape index (κ2) is 15.9. The lowest BCUT2D eigenvalue weighted by Crippen LogP contribution is -2.57. The van der Waals surface area contributed by atoms with Gasteiger partial charge in [0.1, 0.15) is 18.3 Å². The zero-order valence-corrected chi connectivity index (χ0v) is 33.3. The smallest absolute Gasteiger partial charge is 0.387 e. The van der Waals surface area contributed by atoms with Crippen molar-refractivity contribution in [2.75, 3.05) is 72.0 Å². The number of rotatable bonds is 15. The van der Waals surface area contributed by atoms with Gasteiger partial charge in [0.15, 0.2) is 29.9 Å². The maximum Gasteiger partial charge on any atom is 0.490 e. The van der Waals surface area contributed by atoms with Crippen molar-refractivity contribution >= 4 is 57.7 Å². The van der Waals surface area contributed by atoms with Gasteiger partial charge in [0.25, 0.3) is 17.1 Å². The highest BCUT2D eigenvalue weighted by atomic mass is 31.3. The Morgan fingerprint density at radius 1 is 0.930 bits per heavy atom. The first kappa shape index (κ1) is 43.1. The minimum absolute atomic E-state index is 0.129. The van der Waals surface area contributed by atoms with Crippen LogP contribution in [0.1, 0.15) is 12.5 Å². The summed E-state index contributed by atoms with van der Waals surface area (Å²) in [5.41, 5.74) is 10.3. The summed E-state index contributed by atoms with van der Waals surface area (Å²) in [5.74, 6) is -0.431. The molecule has 4 aromatic heterocycles. The minimum atomic E-state index is -5.93. The third kappa shape index (κ3) is 10.0. The van der Waals surface area contributed by atoms with E-state index in [1.54, 1.807) is 17.9 Å². The van der Waals surface area contributed by atoms with Crippen LogP contribution in [0.15, 0.2) is 22.2 Å². The quantitative estimate of drug-likeness (QED) is 0.0321. The molecular formula is C26H43N12O16P3+2. The molecule has 0 aliphatic carbocycles. The summed E-state index contributed by atoms with van der Waals surface area (Å²) in [6, 6.07) is 0. The molecule has 28 nitrogen and oxygen atoms in total. The number of H-pyrrole nitrogens is 2. The average molecular weight is 873 g/mol. The Labute approximate surface area is 320 Å². The molecule has 0 bridgehead atoms. The fourth-order valence-corrected chi connectivity index (χ4v) is 9.68. The predicted molar refractivity (Wildman–Crippen MR) is 191 cm³/mol. The molecule has 9 atom stereocenters. The first-order valence-electron chi connectivity index (χ1n) is 16.8. The van der Waals surface area contributed by atoms with Gasteiger partial charge in [-0.15, -0.1) is 0 Å². The number of imidazole rings is 2. The lowest BCUT2D eigenvalue weighted by atomic mass is 10.1. The number of aliphatic hydroxyl groups excluding tert-OH is 2. The van der Waals surface area contributed by atoms with Gasteiger partial charge >= 0.3 is 29.1 Å². The van der Waals surface area contributed by atoms with Gasteiger partial charge in [-0.05, 0) is 0 Å². The van der Waals surface area contributed by atoms with Crippen LogP contribution < -0.4 is 27.2 Å². The molecule has 11 N–H and O–H groups in total. The van der Waals surface area contributed by atoms with Crippen LogP contribution in [0.25, 0.3) is 22.3 Å². The summed E-state index contributed by atoms with van der Waals surface area (Å²) >= 11 is 0. The van der Waals surface area contributed by atoms with Crippen LogP contribution in [0, 0.1) is 0 Å². The third-order valence-electron chi connectivity index (χ3n) is 8.71. The maximum absolute atomic E-state index is 12.9. The van der Waals surface area contributed by atoms with Crippen molar-refractivity contribution in [3.05, 3.63) is 33.4 Å². The van der Waals surface area contributed by atoms with E-state index in [1.165, 1.54) is 4.57 Å². The molecular weight excluding hydrogens is 829 g/mol. The number of hydrogen-bond donors (Lipinski definition) is 9. The Morgan fingerprint density at radius 3 is 2.23 bits per heavy atom. The Morgan fingerprint density at radius 2 is 1.56 bits per heavy atom. The maximum atomic E-state index is 12.9. The number of nitrogens with zero attached hydrogens (tertiary/aromatic N) is 8. The number of aliphatic hydroxyl groups is 2. The molecule has 0 amide bonds. The summed E-state index contributed by atoms with van der Waals surface area (Å²) < 4.78 is 72.7. The van der Waals surface area contributed by atoms with Crippen LogP contribution in [0.3, 0.4) is 0 Å². The Bertz CT molecular complexity index is 2400. The molecule has 0 saturated carbocycles. The SMILES string of the molecule is Cn1c[n+](C2CN(CC[N+](C)(C)C)CC(COP(=O)(O)OP(=O)(O)OP(=O)(O)OC[C@H]3O[C@@H](n4cnc5c(=O)[nH]c(N)nc54)[C@H](O)[C@@H]3O)O2)c2nc(N)[nH]c(=O)c21. The van der Waals surface area contributed by atoms with Gasteiger partial charge in [0.05, 0.1) is 66.9 Å². The van der Waals surface area contributed by atoms with Crippen molar-refractivity contribution in [1.29, 1.82) is 0 Å². The lowest BCUT2D eigenvalue weighted by Gasteiger charge is -2.38. The van der Waals surface area contributed by atoms with E-state index >= 15 is 0 Å². The zero-order valence-electron chi connectivity index (χ0n) is 30.7. The molecule has 2 saturated heterocycles. The number of likely N-dealkylation sites (N-methyl/N-ethyl adjacent to an activating group) is 1. The van der Waals surface area contributed by atoms with Crippen LogP contribution in [0.5, 0.6) is 0 Å². The largest absolute Gasteiger partial charge is 0.490 e. The fourth-order valence-electron chi connectivity index (χ4n) is 6.13. The van der Waals surface area contributed by atoms with E-state index in [2.05, 4.69) is 38.1 Å². The Hall–Kier alpha value is -3.53. The van der Waals surface area contributed by atoms with Gasteiger partial charge in [-0.2, -0.15) is 13.6 Å². The normalized spacial score (nSPS) is 26.8. The average Bonchev–Trinajstić information content (AvgIpc) is 3.73. The molecule has 31 heteroatoms. The lowest BCUT2D eigenvalue weighted by molar-refractivity contribution is -0.870. The van der Waals surface area contributed by atoms with E-state index in [0.717, 1.165) is 10.9 Å². The number of aromatic amines is 2. The van der Waals surface area contributed by atoms with Crippen molar-refractivity contribution in [3.8, 4) is 0 Å². The minimum Gasteiger partial charge on any atom is -0.387 e. The van der Waals surface area contributed by atoms with Crippen molar-refractivity contribution in [2.24, 2.45) is 7.05 Å². The van der Waals surface area contributed by atoms with Gasteiger partial charge < -0.3 is 50.3 Å². The fraction of sp³-hybridized carbons (Fsp3) is 0.615. The van der Waals surface area contributed by atoms with Crippen molar-refractivity contribution in [2.45, 2.75) is 36.9 Å².